The highest BCUT2D eigenvalue weighted by molar-refractivity contribution is 5.92. The predicted molar refractivity (Wildman–Crippen MR) is 51.0 cm³/mol. The second-order valence-electron chi connectivity index (χ2n) is 2.62. The average Bonchev–Trinajstić information content (AvgIpc) is 2.18. The third kappa shape index (κ3) is 2.29. The summed E-state index contributed by atoms with van der Waals surface area (Å²) in [5.74, 6) is 0.174. The Kier molecular flexibility index (Phi) is 3.46. The SMILES string of the molecule is COCc1ccccc1C(=N)OC. The van der Waals surface area contributed by atoms with Crippen LogP contribution in [0.2, 0.25) is 0 Å². The van der Waals surface area contributed by atoms with Crippen molar-refractivity contribution >= 4 is 5.90 Å². The number of hydrogen-bond donors (Lipinski definition) is 1. The largest absolute Gasteiger partial charge is 0.481 e. The first kappa shape index (κ1) is 9.74. The van der Waals surface area contributed by atoms with Crippen LogP contribution in [0, 0.1) is 5.41 Å². The topological polar surface area (TPSA) is 42.3 Å². The first-order chi connectivity index (χ1) is 6.29. The second kappa shape index (κ2) is 4.62. The number of ether oxygens (including phenoxy) is 2. The molecular weight excluding hydrogens is 166 g/mol. The fraction of sp³-hybridized carbons (Fsp3) is 0.300. The molecule has 3 heteroatoms. The van der Waals surface area contributed by atoms with Crippen molar-refractivity contribution in [2.24, 2.45) is 0 Å². The van der Waals surface area contributed by atoms with Gasteiger partial charge in [0, 0.05) is 12.7 Å². The molecule has 0 radical (unpaired) electrons. The van der Waals surface area contributed by atoms with Crippen molar-refractivity contribution in [1.82, 2.24) is 0 Å². The zero-order valence-electron chi connectivity index (χ0n) is 7.83. The van der Waals surface area contributed by atoms with Crippen LogP contribution in [-0.4, -0.2) is 20.1 Å². The second-order valence-corrected chi connectivity index (χ2v) is 2.62. The summed E-state index contributed by atoms with van der Waals surface area (Å²) in [5, 5.41) is 7.52. The number of methoxy groups -OCH3 is 2. The van der Waals surface area contributed by atoms with E-state index in [1.54, 1.807) is 7.11 Å². The summed E-state index contributed by atoms with van der Waals surface area (Å²) < 4.78 is 9.86. The number of nitrogens with one attached hydrogen (secondary N) is 1. The lowest BCUT2D eigenvalue weighted by Gasteiger charge is -2.07. The molecule has 0 bridgehead atoms. The minimum atomic E-state index is 0.174. The van der Waals surface area contributed by atoms with Crippen LogP contribution < -0.4 is 0 Å². The highest BCUT2D eigenvalue weighted by Crippen LogP contribution is 2.10. The number of benzene rings is 1. The van der Waals surface area contributed by atoms with Gasteiger partial charge in [0.15, 0.2) is 0 Å². The van der Waals surface area contributed by atoms with Gasteiger partial charge in [-0.2, -0.15) is 0 Å². The summed E-state index contributed by atoms with van der Waals surface area (Å²) in [7, 11) is 3.12. The van der Waals surface area contributed by atoms with E-state index in [-0.39, 0.29) is 5.90 Å². The number of hydrogen-bond acceptors (Lipinski definition) is 3. The molecule has 0 amide bonds. The van der Waals surface area contributed by atoms with Crippen LogP contribution in [0.25, 0.3) is 0 Å². The molecule has 0 aliphatic carbocycles. The lowest BCUT2D eigenvalue weighted by molar-refractivity contribution is 0.184. The van der Waals surface area contributed by atoms with Crippen molar-refractivity contribution in [1.29, 1.82) is 5.41 Å². The maximum absolute atomic E-state index is 7.52. The van der Waals surface area contributed by atoms with E-state index < -0.39 is 0 Å². The molecule has 0 saturated carbocycles. The van der Waals surface area contributed by atoms with Crippen LogP contribution in [0.4, 0.5) is 0 Å². The zero-order valence-corrected chi connectivity index (χ0v) is 7.83. The molecule has 0 aromatic heterocycles. The van der Waals surface area contributed by atoms with E-state index in [0.717, 1.165) is 11.1 Å². The Hall–Kier alpha value is -1.35. The Morgan fingerprint density at radius 2 is 2.00 bits per heavy atom. The molecular formula is C10H13NO2. The summed E-state index contributed by atoms with van der Waals surface area (Å²) in [5.41, 5.74) is 1.75. The molecule has 0 unspecified atom stereocenters. The van der Waals surface area contributed by atoms with Crippen molar-refractivity contribution in [2.45, 2.75) is 6.61 Å². The maximum atomic E-state index is 7.52. The lowest BCUT2D eigenvalue weighted by Crippen LogP contribution is -2.05. The zero-order chi connectivity index (χ0) is 9.68. The molecule has 0 heterocycles. The van der Waals surface area contributed by atoms with Gasteiger partial charge >= 0.3 is 0 Å². The van der Waals surface area contributed by atoms with Gasteiger partial charge in [-0.05, 0) is 11.6 Å². The molecule has 0 saturated heterocycles. The molecule has 0 atom stereocenters. The Morgan fingerprint density at radius 3 is 2.62 bits per heavy atom. The van der Waals surface area contributed by atoms with Crippen LogP contribution in [0.15, 0.2) is 24.3 Å². The fourth-order valence-corrected chi connectivity index (χ4v) is 1.13. The molecule has 70 valence electrons. The fourth-order valence-electron chi connectivity index (χ4n) is 1.13. The van der Waals surface area contributed by atoms with E-state index in [4.69, 9.17) is 14.9 Å². The Bertz CT molecular complexity index is 297. The minimum absolute atomic E-state index is 0.174. The summed E-state index contributed by atoms with van der Waals surface area (Å²) in [6.07, 6.45) is 0. The Balaban J connectivity index is 2.97. The van der Waals surface area contributed by atoms with Crippen LogP contribution in [0.1, 0.15) is 11.1 Å². The van der Waals surface area contributed by atoms with Crippen molar-refractivity contribution in [3.8, 4) is 0 Å². The van der Waals surface area contributed by atoms with Crippen molar-refractivity contribution < 1.29 is 9.47 Å². The average molecular weight is 179 g/mol. The maximum Gasteiger partial charge on any atom is 0.213 e. The lowest BCUT2D eigenvalue weighted by atomic mass is 10.1. The molecule has 0 spiro atoms. The van der Waals surface area contributed by atoms with E-state index in [1.165, 1.54) is 7.11 Å². The highest BCUT2D eigenvalue weighted by Gasteiger charge is 2.06. The van der Waals surface area contributed by atoms with Gasteiger partial charge in [-0.15, -0.1) is 0 Å². The number of rotatable bonds is 3. The Morgan fingerprint density at radius 1 is 1.31 bits per heavy atom. The monoisotopic (exact) mass is 179 g/mol. The van der Waals surface area contributed by atoms with E-state index >= 15 is 0 Å². The molecule has 13 heavy (non-hydrogen) atoms. The smallest absolute Gasteiger partial charge is 0.213 e. The molecule has 0 aliphatic heterocycles. The van der Waals surface area contributed by atoms with E-state index in [1.807, 2.05) is 24.3 Å². The first-order valence-corrected chi connectivity index (χ1v) is 3.99. The molecule has 1 aromatic carbocycles. The van der Waals surface area contributed by atoms with E-state index in [9.17, 15) is 0 Å². The van der Waals surface area contributed by atoms with Gasteiger partial charge in [-0.3, -0.25) is 5.41 Å². The van der Waals surface area contributed by atoms with Crippen molar-refractivity contribution in [3.63, 3.8) is 0 Å². The van der Waals surface area contributed by atoms with Gasteiger partial charge in [-0.1, -0.05) is 18.2 Å². The normalized spacial score (nSPS) is 9.69. The van der Waals surface area contributed by atoms with Crippen LogP contribution in [0.3, 0.4) is 0 Å². The van der Waals surface area contributed by atoms with Gasteiger partial charge in [0.1, 0.15) is 0 Å². The summed E-state index contributed by atoms with van der Waals surface area (Å²) in [6.45, 7) is 0.502. The van der Waals surface area contributed by atoms with Gasteiger partial charge < -0.3 is 9.47 Å². The predicted octanol–water partition coefficient (Wildman–Crippen LogP) is 1.80. The van der Waals surface area contributed by atoms with Crippen LogP contribution >= 0.6 is 0 Å². The first-order valence-electron chi connectivity index (χ1n) is 3.99. The quantitative estimate of drug-likeness (QED) is 0.568. The summed E-state index contributed by atoms with van der Waals surface area (Å²) in [6, 6.07) is 7.56. The van der Waals surface area contributed by atoms with E-state index in [0.29, 0.717) is 6.61 Å². The van der Waals surface area contributed by atoms with Crippen LogP contribution in [0.5, 0.6) is 0 Å². The summed E-state index contributed by atoms with van der Waals surface area (Å²) >= 11 is 0. The van der Waals surface area contributed by atoms with Crippen molar-refractivity contribution in [3.05, 3.63) is 35.4 Å². The third-order valence-corrected chi connectivity index (χ3v) is 1.77. The highest BCUT2D eigenvalue weighted by atomic mass is 16.5. The molecule has 1 aromatic rings. The molecule has 1 rings (SSSR count). The summed E-state index contributed by atoms with van der Waals surface area (Å²) in [4.78, 5) is 0. The van der Waals surface area contributed by atoms with Gasteiger partial charge in [0.2, 0.25) is 5.90 Å². The van der Waals surface area contributed by atoms with Crippen molar-refractivity contribution in [2.75, 3.05) is 14.2 Å². The molecule has 3 nitrogen and oxygen atoms in total. The third-order valence-electron chi connectivity index (χ3n) is 1.77. The Labute approximate surface area is 77.8 Å². The standard InChI is InChI=1S/C10H13NO2/c1-12-7-8-5-3-4-6-9(8)10(11)13-2/h3-6,11H,7H2,1-2H3. The van der Waals surface area contributed by atoms with Crippen LogP contribution in [-0.2, 0) is 16.1 Å². The van der Waals surface area contributed by atoms with Gasteiger partial charge in [0.05, 0.1) is 13.7 Å². The molecule has 1 N–H and O–H groups in total. The molecule has 0 fully saturated rings. The van der Waals surface area contributed by atoms with E-state index in [2.05, 4.69) is 0 Å². The minimum Gasteiger partial charge on any atom is -0.481 e. The van der Waals surface area contributed by atoms with Gasteiger partial charge in [-0.25, -0.2) is 0 Å². The van der Waals surface area contributed by atoms with Gasteiger partial charge in [0.25, 0.3) is 0 Å². The molecule has 0 aliphatic rings.